The van der Waals surface area contributed by atoms with Crippen molar-refractivity contribution in [3.8, 4) is 5.69 Å². The Morgan fingerprint density at radius 2 is 1.66 bits per heavy atom. The number of halogens is 6. The lowest BCUT2D eigenvalue weighted by atomic mass is 9.91. The third-order valence-corrected chi connectivity index (χ3v) is 10.4. The van der Waals surface area contributed by atoms with E-state index in [-0.39, 0.29) is 55.3 Å². The molecule has 3 aliphatic rings. The first kappa shape index (κ1) is 40.0. The lowest BCUT2D eigenvalue weighted by Crippen LogP contribution is -2.55. The van der Waals surface area contributed by atoms with Crippen LogP contribution < -0.4 is 31.5 Å². The molecule has 0 radical (unpaired) electrons. The van der Waals surface area contributed by atoms with Gasteiger partial charge in [0.2, 0.25) is 11.8 Å². The van der Waals surface area contributed by atoms with E-state index in [1.165, 1.54) is 34.0 Å². The molecular weight excluding hydrogens is 774 g/mol. The van der Waals surface area contributed by atoms with Gasteiger partial charge in [-0.3, -0.25) is 29.4 Å². The minimum Gasteiger partial charge on any atom is -0.374 e. The first-order valence-electron chi connectivity index (χ1n) is 18.4. The number of primary amides is 1. The van der Waals surface area contributed by atoms with Gasteiger partial charge < -0.3 is 26.2 Å². The number of benzene rings is 2. The summed E-state index contributed by atoms with van der Waals surface area (Å²) in [6.45, 7) is 1.94. The summed E-state index contributed by atoms with van der Waals surface area (Å²) in [6.07, 6.45) is -2.89. The molecule has 0 aliphatic carbocycles. The van der Waals surface area contributed by atoms with Gasteiger partial charge in [-0.1, -0.05) is 6.07 Å². The van der Waals surface area contributed by atoms with E-state index in [4.69, 9.17) is 5.73 Å². The van der Waals surface area contributed by atoms with Crippen molar-refractivity contribution < 1.29 is 45.5 Å². The molecule has 306 valence electrons. The van der Waals surface area contributed by atoms with E-state index in [1.54, 1.807) is 12.1 Å². The number of alkyl halides is 5. The Balaban J connectivity index is 0.916. The highest BCUT2D eigenvalue weighted by Gasteiger charge is 2.46. The standard InChI is InChI=1S/C38H38F6N10O4/c39-26-18-23(46-28-9-11-32(55)49-36(28)58)4-10-30(26)53-13-12-22(37(40,41)21-53)19-51-14-16-52(17-15-51)24-5-7-25(8-6-24)54-20-29(33(50-54)34(45)56)48-35(57)27-2-1-3-31(47-27)38(42,43)44/h1-8,10,18,20,22,28,46H,9,11-17,19,21H2,(H2,45,56)(H,48,57)(H,49,55,58). The lowest BCUT2D eigenvalue weighted by molar-refractivity contribution is -0.141. The molecular formula is C38H38F6N10O4. The van der Waals surface area contributed by atoms with Crippen LogP contribution in [0, 0.1) is 11.7 Å². The van der Waals surface area contributed by atoms with Gasteiger partial charge in [-0.05, 0) is 67.4 Å². The fourth-order valence-corrected chi connectivity index (χ4v) is 7.30. The van der Waals surface area contributed by atoms with Crippen LogP contribution in [0.1, 0.15) is 45.9 Å². The van der Waals surface area contributed by atoms with E-state index in [0.29, 0.717) is 37.6 Å². The molecule has 0 spiro atoms. The number of amides is 4. The van der Waals surface area contributed by atoms with E-state index >= 15 is 13.2 Å². The highest BCUT2D eigenvalue weighted by molar-refractivity contribution is 6.07. The largest absolute Gasteiger partial charge is 0.433 e. The van der Waals surface area contributed by atoms with Crippen LogP contribution >= 0.6 is 0 Å². The molecule has 3 saturated heterocycles. The molecule has 0 bridgehead atoms. The van der Waals surface area contributed by atoms with Crippen molar-refractivity contribution in [1.82, 2.24) is 25.0 Å². The molecule has 0 saturated carbocycles. The van der Waals surface area contributed by atoms with Crippen LogP contribution in [0.2, 0.25) is 0 Å². The molecule has 14 nitrogen and oxygen atoms in total. The minimum absolute atomic E-state index is 0.0474. The first-order valence-corrected chi connectivity index (χ1v) is 18.4. The lowest BCUT2D eigenvalue weighted by Gasteiger charge is -2.43. The van der Waals surface area contributed by atoms with Gasteiger partial charge in [0, 0.05) is 63.0 Å². The summed E-state index contributed by atoms with van der Waals surface area (Å²) in [6, 6.07) is 13.3. The molecule has 4 amide bonds. The van der Waals surface area contributed by atoms with Gasteiger partial charge in [-0.15, -0.1) is 0 Å². The normalized spacial score (nSPS) is 20.1. The fourth-order valence-electron chi connectivity index (χ4n) is 7.30. The van der Waals surface area contributed by atoms with Crippen LogP contribution in [0.15, 0.2) is 66.9 Å². The predicted octanol–water partition coefficient (Wildman–Crippen LogP) is 4.28. The van der Waals surface area contributed by atoms with Gasteiger partial charge >= 0.3 is 6.18 Å². The van der Waals surface area contributed by atoms with Gasteiger partial charge in [0.15, 0.2) is 5.69 Å². The SMILES string of the molecule is NC(=O)c1nn(-c2ccc(N3CCN(CC4CCN(c5ccc(NC6CCC(=O)NC6=O)cc5F)CC4(F)F)CC3)cc2)cc1NC(=O)c1cccc(C(F)(F)F)n1. The van der Waals surface area contributed by atoms with Crippen LogP contribution in [0.4, 0.5) is 49.1 Å². The zero-order valence-electron chi connectivity index (χ0n) is 30.7. The van der Waals surface area contributed by atoms with Crippen molar-refractivity contribution in [2.75, 3.05) is 66.2 Å². The number of anilines is 4. The van der Waals surface area contributed by atoms with Gasteiger partial charge in [-0.25, -0.2) is 22.8 Å². The van der Waals surface area contributed by atoms with E-state index in [0.717, 1.165) is 23.9 Å². The van der Waals surface area contributed by atoms with Crippen molar-refractivity contribution in [2.24, 2.45) is 11.7 Å². The summed E-state index contributed by atoms with van der Waals surface area (Å²) in [4.78, 5) is 57.1. The van der Waals surface area contributed by atoms with Crippen molar-refractivity contribution in [1.29, 1.82) is 0 Å². The topological polar surface area (TPSA) is 171 Å². The zero-order chi connectivity index (χ0) is 41.4. The fraction of sp³-hybridized carbons (Fsp3) is 0.368. The van der Waals surface area contributed by atoms with E-state index in [2.05, 4.69) is 30.9 Å². The molecule has 2 aromatic heterocycles. The Morgan fingerprint density at radius 1 is 0.931 bits per heavy atom. The number of carbonyl (C=O) groups is 4. The van der Waals surface area contributed by atoms with Crippen molar-refractivity contribution in [2.45, 2.75) is 37.4 Å². The monoisotopic (exact) mass is 812 g/mol. The van der Waals surface area contributed by atoms with Crippen LogP contribution in [0.5, 0.6) is 0 Å². The number of nitrogens with two attached hydrogens (primary N) is 1. The minimum atomic E-state index is -4.76. The Bertz CT molecular complexity index is 2210. The van der Waals surface area contributed by atoms with E-state index in [9.17, 15) is 32.3 Å². The maximum atomic E-state index is 15.6. The Hall–Kier alpha value is -6.18. The Labute approximate surface area is 327 Å². The molecule has 4 aromatic rings. The van der Waals surface area contributed by atoms with E-state index < -0.39 is 65.5 Å². The number of nitrogens with zero attached hydrogens (tertiary/aromatic N) is 6. The number of aromatic nitrogens is 3. The molecule has 3 fully saturated rings. The second-order valence-corrected chi connectivity index (χ2v) is 14.3. The number of carbonyl (C=O) groups excluding carboxylic acids is 4. The van der Waals surface area contributed by atoms with Crippen LogP contribution in [0.25, 0.3) is 5.69 Å². The smallest absolute Gasteiger partial charge is 0.374 e. The maximum Gasteiger partial charge on any atom is 0.433 e. The molecule has 2 unspecified atom stereocenters. The third kappa shape index (κ3) is 8.85. The number of pyridine rings is 1. The maximum absolute atomic E-state index is 15.6. The quantitative estimate of drug-likeness (QED) is 0.134. The Morgan fingerprint density at radius 3 is 2.31 bits per heavy atom. The Kier molecular flexibility index (Phi) is 11.0. The highest BCUT2D eigenvalue weighted by Crippen LogP contribution is 2.37. The van der Waals surface area contributed by atoms with Crippen LogP contribution in [-0.2, 0) is 15.8 Å². The van der Waals surface area contributed by atoms with Gasteiger partial charge in [-0.2, -0.15) is 18.3 Å². The summed E-state index contributed by atoms with van der Waals surface area (Å²) >= 11 is 0. The summed E-state index contributed by atoms with van der Waals surface area (Å²) in [5, 5.41) is 11.6. The highest BCUT2D eigenvalue weighted by atomic mass is 19.4. The first-order chi connectivity index (χ1) is 27.5. The molecule has 20 heteroatoms. The molecule has 58 heavy (non-hydrogen) atoms. The molecule has 2 atom stereocenters. The average Bonchev–Trinajstić information content (AvgIpc) is 3.61. The van der Waals surface area contributed by atoms with Gasteiger partial charge in [0.25, 0.3) is 17.7 Å². The second-order valence-electron chi connectivity index (χ2n) is 14.3. The summed E-state index contributed by atoms with van der Waals surface area (Å²) in [7, 11) is 0. The van der Waals surface area contributed by atoms with Crippen molar-refractivity contribution in [3.63, 3.8) is 0 Å². The molecule has 5 N–H and O–H groups in total. The number of piperazine rings is 1. The van der Waals surface area contributed by atoms with E-state index in [1.807, 2.05) is 17.0 Å². The third-order valence-electron chi connectivity index (χ3n) is 10.4. The van der Waals surface area contributed by atoms with Crippen LogP contribution in [-0.4, -0.2) is 101 Å². The van der Waals surface area contributed by atoms with Crippen LogP contribution in [0.3, 0.4) is 0 Å². The van der Waals surface area contributed by atoms with Crippen molar-refractivity contribution in [3.05, 3.63) is 89.8 Å². The zero-order valence-corrected chi connectivity index (χ0v) is 30.7. The number of hydrogen-bond acceptors (Lipinski definition) is 10. The number of imide groups is 1. The molecule has 7 rings (SSSR count). The van der Waals surface area contributed by atoms with Gasteiger partial charge in [0.05, 0.1) is 29.8 Å². The second kappa shape index (κ2) is 16.0. The van der Waals surface area contributed by atoms with Crippen molar-refractivity contribution >= 4 is 46.4 Å². The number of rotatable bonds is 10. The number of hydrogen-bond donors (Lipinski definition) is 4. The summed E-state index contributed by atoms with van der Waals surface area (Å²) < 4.78 is 86.9. The molecule has 5 heterocycles. The molecule has 3 aliphatic heterocycles. The van der Waals surface area contributed by atoms with Gasteiger partial charge in [0.1, 0.15) is 23.2 Å². The molecule has 2 aromatic carbocycles. The average molecular weight is 813 g/mol. The predicted molar refractivity (Wildman–Crippen MR) is 199 cm³/mol. The summed E-state index contributed by atoms with van der Waals surface area (Å²) in [5.74, 6) is -7.57. The number of piperidine rings is 2. The number of nitrogens with one attached hydrogen (secondary N) is 3. The summed E-state index contributed by atoms with van der Waals surface area (Å²) in [5.41, 5.74) is 4.91.